The van der Waals surface area contributed by atoms with Crippen LogP contribution in [0.15, 0.2) is 12.4 Å². The van der Waals surface area contributed by atoms with Crippen LogP contribution in [0.1, 0.15) is 36.2 Å². The zero-order chi connectivity index (χ0) is 18.8. The van der Waals surface area contributed by atoms with Gasteiger partial charge in [-0.25, -0.2) is 14.8 Å². The lowest BCUT2D eigenvalue weighted by atomic mass is 10.1. The van der Waals surface area contributed by atoms with Crippen LogP contribution in [0.3, 0.4) is 0 Å². The second-order valence-corrected chi connectivity index (χ2v) is 7.89. The van der Waals surface area contributed by atoms with E-state index in [0.29, 0.717) is 24.4 Å². The SMILES string of the molecule is COC(=O)c1cc2c(N3CCN(C(=O)C4(N)CC4)C4(CC4)C3)ncnc2[nH]1. The zero-order valence-corrected chi connectivity index (χ0v) is 15.2. The maximum Gasteiger partial charge on any atom is 0.354 e. The summed E-state index contributed by atoms with van der Waals surface area (Å²) < 4.78 is 4.78. The molecule has 9 nitrogen and oxygen atoms in total. The number of carbonyl (C=O) groups is 2. The zero-order valence-electron chi connectivity index (χ0n) is 15.2. The first-order valence-electron chi connectivity index (χ1n) is 9.24. The van der Waals surface area contributed by atoms with Gasteiger partial charge in [-0.15, -0.1) is 0 Å². The Kier molecular flexibility index (Phi) is 3.31. The fraction of sp³-hybridized carbons (Fsp3) is 0.556. The Morgan fingerprint density at radius 2 is 2.00 bits per heavy atom. The predicted octanol–water partition coefficient (Wildman–Crippen LogP) is 0.417. The van der Waals surface area contributed by atoms with E-state index in [1.54, 1.807) is 6.07 Å². The third-order valence-electron chi connectivity index (χ3n) is 6.05. The molecular formula is C18H22N6O3. The van der Waals surface area contributed by atoms with Crippen LogP contribution in [0.4, 0.5) is 5.82 Å². The minimum atomic E-state index is -0.629. The number of piperazine rings is 1. The van der Waals surface area contributed by atoms with Gasteiger partial charge in [0, 0.05) is 19.6 Å². The number of nitrogens with one attached hydrogen (secondary N) is 1. The molecule has 3 heterocycles. The normalized spacial score (nSPS) is 22.1. The van der Waals surface area contributed by atoms with Gasteiger partial charge in [-0.05, 0) is 31.7 Å². The second-order valence-electron chi connectivity index (χ2n) is 7.89. The maximum atomic E-state index is 12.8. The summed E-state index contributed by atoms with van der Waals surface area (Å²) in [7, 11) is 1.34. The van der Waals surface area contributed by atoms with Crippen LogP contribution in [0, 0.1) is 0 Å². The van der Waals surface area contributed by atoms with Crippen LogP contribution in [-0.4, -0.2) is 69.6 Å². The number of rotatable bonds is 3. The van der Waals surface area contributed by atoms with Gasteiger partial charge in [-0.1, -0.05) is 0 Å². The number of nitrogens with zero attached hydrogens (tertiary/aromatic N) is 4. The van der Waals surface area contributed by atoms with Crippen molar-refractivity contribution in [1.29, 1.82) is 0 Å². The van der Waals surface area contributed by atoms with Crippen molar-refractivity contribution in [3.8, 4) is 0 Å². The molecule has 1 saturated heterocycles. The van der Waals surface area contributed by atoms with Gasteiger partial charge in [0.2, 0.25) is 5.91 Å². The van der Waals surface area contributed by atoms with E-state index in [4.69, 9.17) is 10.5 Å². The summed E-state index contributed by atoms with van der Waals surface area (Å²) in [4.78, 5) is 40.5. The molecule has 2 saturated carbocycles. The average molecular weight is 370 g/mol. The molecule has 3 fully saturated rings. The highest BCUT2D eigenvalue weighted by molar-refractivity contribution is 5.97. The molecule has 1 amide bonds. The van der Waals surface area contributed by atoms with Crippen LogP contribution in [0.25, 0.3) is 11.0 Å². The lowest BCUT2D eigenvalue weighted by Gasteiger charge is -2.43. The Bertz CT molecular complexity index is 946. The average Bonchev–Trinajstić information content (AvgIpc) is 3.57. The highest BCUT2D eigenvalue weighted by Gasteiger charge is 2.58. The number of anilines is 1. The first kappa shape index (κ1) is 16.5. The van der Waals surface area contributed by atoms with Gasteiger partial charge in [0.15, 0.2) is 0 Å². The van der Waals surface area contributed by atoms with E-state index in [0.717, 1.165) is 43.4 Å². The Hall–Kier alpha value is -2.68. The number of methoxy groups -OCH3 is 1. The first-order chi connectivity index (χ1) is 13.0. The fourth-order valence-electron chi connectivity index (χ4n) is 4.06. The van der Waals surface area contributed by atoms with Crippen LogP contribution in [0.2, 0.25) is 0 Å². The van der Waals surface area contributed by atoms with Gasteiger partial charge in [0.05, 0.1) is 23.6 Å². The molecule has 3 aliphatic rings. The molecule has 0 aromatic carbocycles. The lowest BCUT2D eigenvalue weighted by Crippen LogP contribution is -2.61. The van der Waals surface area contributed by atoms with Crippen molar-refractivity contribution in [3.05, 3.63) is 18.1 Å². The van der Waals surface area contributed by atoms with Crippen molar-refractivity contribution in [2.45, 2.75) is 36.8 Å². The van der Waals surface area contributed by atoms with E-state index in [1.807, 2.05) is 4.90 Å². The first-order valence-corrected chi connectivity index (χ1v) is 9.24. The van der Waals surface area contributed by atoms with Crippen molar-refractivity contribution in [2.24, 2.45) is 5.73 Å². The van der Waals surface area contributed by atoms with E-state index < -0.39 is 11.5 Å². The van der Waals surface area contributed by atoms with E-state index in [9.17, 15) is 9.59 Å². The molecule has 1 aliphatic heterocycles. The summed E-state index contributed by atoms with van der Waals surface area (Å²) in [6, 6.07) is 1.73. The van der Waals surface area contributed by atoms with Gasteiger partial charge in [-0.3, -0.25) is 4.79 Å². The van der Waals surface area contributed by atoms with Crippen LogP contribution < -0.4 is 10.6 Å². The number of hydrogen-bond donors (Lipinski definition) is 2. The van der Waals surface area contributed by atoms with Crippen molar-refractivity contribution in [2.75, 3.05) is 31.6 Å². The molecule has 1 spiro atoms. The summed E-state index contributed by atoms with van der Waals surface area (Å²) in [5.41, 5.74) is 6.35. The van der Waals surface area contributed by atoms with Crippen molar-refractivity contribution < 1.29 is 14.3 Å². The summed E-state index contributed by atoms with van der Waals surface area (Å²) >= 11 is 0. The standard InChI is InChI=1S/C18H22N6O3/c1-27-15(25)12-8-11-13(22-12)20-10-21-14(11)23-6-7-24(17(9-23)2-3-17)16(26)18(19)4-5-18/h8,10H,2-7,9,19H2,1H3,(H,20,21,22). The Balaban J connectivity index is 1.44. The van der Waals surface area contributed by atoms with Crippen LogP contribution in [0.5, 0.6) is 0 Å². The number of amides is 1. The molecule has 9 heteroatoms. The number of esters is 1. The maximum absolute atomic E-state index is 12.8. The van der Waals surface area contributed by atoms with E-state index in [1.165, 1.54) is 13.4 Å². The van der Waals surface area contributed by atoms with E-state index in [2.05, 4.69) is 19.9 Å². The monoisotopic (exact) mass is 370 g/mol. The number of fused-ring (bicyclic) bond motifs is 1. The van der Waals surface area contributed by atoms with Gasteiger partial charge in [0.25, 0.3) is 0 Å². The van der Waals surface area contributed by atoms with Gasteiger partial charge < -0.3 is 25.3 Å². The minimum Gasteiger partial charge on any atom is -0.464 e. The summed E-state index contributed by atoms with van der Waals surface area (Å²) in [6.07, 6.45) is 5.04. The number of aromatic amines is 1. The smallest absolute Gasteiger partial charge is 0.354 e. The molecule has 0 unspecified atom stereocenters. The third kappa shape index (κ3) is 2.48. The molecular weight excluding hydrogens is 348 g/mol. The van der Waals surface area contributed by atoms with Crippen LogP contribution in [-0.2, 0) is 9.53 Å². The molecule has 2 aromatic rings. The quantitative estimate of drug-likeness (QED) is 0.752. The molecule has 5 rings (SSSR count). The predicted molar refractivity (Wildman–Crippen MR) is 97.3 cm³/mol. The molecule has 2 aromatic heterocycles. The summed E-state index contributed by atoms with van der Waals surface area (Å²) in [5, 5.41) is 0.783. The highest BCUT2D eigenvalue weighted by Crippen LogP contribution is 2.48. The van der Waals surface area contributed by atoms with Crippen molar-refractivity contribution >= 4 is 28.7 Å². The molecule has 27 heavy (non-hydrogen) atoms. The van der Waals surface area contributed by atoms with Crippen LogP contribution >= 0.6 is 0 Å². The molecule has 142 valence electrons. The number of nitrogens with two attached hydrogens (primary N) is 1. The molecule has 0 bridgehead atoms. The molecule has 0 radical (unpaired) electrons. The van der Waals surface area contributed by atoms with Crippen molar-refractivity contribution in [3.63, 3.8) is 0 Å². The summed E-state index contributed by atoms with van der Waals surface area (Å²) in [6.45, 7) is 2.03. The van der Waals surface area contributed by atoms with E-state index >= 15 is 0 Å². The number of hydrogen-bond acceptors (Lipinski definition) is 7. The Morgan fingerprint density at radius 3 is 2.67 bits per heavy atom. The topological polar surface area (TPSA) is 117 Å². The number of H-pyrrole nitrogens is 1. The highest BCUT2D eigenvalue weighted by atomic mass is 16.5. The number of ether oxygens (including phenoxy) is 1. The van der Waals surface area contributed by atoms with Gasteiger partial charge >= 0.3 is 5.97 Å². The summed E-state index contributed by atoms with van der Waals surface area (Å²) in [5.74, 6) is 0.437. The minimum absolute atomic E-state index is 0.0992. The van der Waals surface area contributed by atoms with Gasteiger partial charge in [0.1, 0.15) is 23.5 Å². The number of aromatic nitrogens is 3. The largest absolute Gasteiger partial charge is 0.464 e. The Labute approximate surface area is 155 Å². The molecule has 2 aliphatic carbocycles. The third-order valence-corrected chi connectivity index (χ3v) is 6.05. The second kappa shape index (κ2) is 5.41. The van der Waals surface area contributed by atoms with Crippen molar-refractivity contribution in [1.82, 2.24) is 19.9 Å². The van der Waals surface area contributed by atoms with Gasteiger partial charge in [-0.2, -0.15) is 0 Å². The Morgan fingerprint density at radius 1 is 1.22 bits per heavy atom. The fourth-order valence-corrected chi connectivity index (χ4v) is 4.06. The van der Waals surface area contributed by atoms with E-state index in [-0.39, 0.29) is 11.4 Å². The molecule has 3 N–H and O–H groups in total. The molecule has 0 atom stereocenters. The number of carbonyl (C=O) groups excluding carboxylic acids is 2. The lowest BCUT2D eigenvalue weighted by molar-refractivity contribution is -0.137.